The predicted octanol–water partition coefficient (Wildman–Crippen LogP) is 2.01. The third kappa shape index (κ3) is 3.19. The van der Waals surface area contributed by atoms with E-state index in [-0.39, 0.29) is 5.57 Å². The molecule has 0 amide bonds. The lowest BCUT2D eigenvalue weighted by Gasteiger charge is -2.22. The molecule has 0 aliphatic rings. The molecule has 0 radical (unpaired) electrons. The molecule has 70 valence electrons. The van der Waals surface area contributed by atoms with Gasteiger partial charge in [0, 0.05) is 7.11 Å². The van der Waals surface area contributed by atoms with Gasteiger partial charge >= 0.3 is 5.97 Å². The second-order valence-electron chi connectivity index (χ2n) is 1.99. The molecule has 0 aromatic carbocycles. The Morgan fingerprint density at radius 2 is 2.00 bits per heavy atom. The normalized spacial score (nSPS) is 14.0. The molecule has 0 fully saturated rings. The quantitative estimate of drug-likeness (QED) is 0.599. The van der Waals surface area contributed by atoms with Crippen LogP contribution >= 0.6 is 34.8 Å². The molecule has 0 rings (SSSR count). The molecule has 0 aromatic heterocycles. The Morgan fingerprint density at radius 3 is 2.08 bits per heavy atom. The lowest BCUT2D eigenvalue weighted by molar-refractivity contribution is -0.133. The summed E-state index contributed by atoms with van der Waals surface area (Å²) in [6.07, 6.45) is -1.14. The summed E-state index contributed by atoms with van der Waals surface area (Å²) in [5.41, 5.74) is -0.294. The average Bonchev–Trinajstić information content (AvgIpc) is 1.85. The van der Waals surface area contributed by atoms with Crippen molar-refractivity contribution >= 4 is 40.8 Å². The second-order valence-corrected chi connectivity index (χ2v) is 4.36. The van der Waals surface area contributed by atoms with Crippen LogP contribution in [0.2, 0.25) is 0 Å². The molecule has 0 spiro atoms. The van der Waals surface area contributed by atoms with Gasteiger partial charge in [0.2, 0.25) is 3.79 Å². The number of carbonyl (C=O) groups is 1. The van der Waals surface area contributed by atoms with Crippen LogP contribution in [-0.2, 0) is 9.53 Å². The Morgan fingerprint density at radius 1 is 1.58 bits per heavy atom. The highest BCUT2D eigenvalue weighted by molar-refractivity contribution is 6.68. The predicted molar refractivity (Wildman–Crippen MR) is 47.9 cm³/mol. The maximum Gasteiger partial charge on any atom is 0.333 e. The first-order valence-electron chi connectivity index (χ1n) is 2.82. The fraction of sp³-hybridized carbons (Fsp3) is 0.500. The van der Waals surface area contributed by atoms with Crippen LogP contribution in [0.1, 0.15) is 0 Å². The topological polar surface area (TPSA) is 46.5 Å². The van der Waals surface area contributed by atoms with Gasteiger partial charge in [-0.25, -0.2) is 4.79 Å². The number of ether oxygens (including phenoxy) is 1. The lowest BCUT2D eigenvalue weighted by Crippen LogP contribution is -2.32. The van der Waals surface area contributed by atoms with E-state index in [1.54, 1.807) is 0 Å². The van der Waals surface area contributed by atoms with E-state index in [1.807, 2.05) is 0 Å². The Hall–Kier alpha value is 0.0400. The summed E-state index contributed by atoms with van der Waals surface area (Å²) in [6, 6.07) is 0. The largest absolute Gasteiger partial charge is 0.478 e. The van der Waals surface area contributed by atoms with E-state index >= 15 is 0 Å². The number of methoxy groups -OCH3 is 1. The average molecular weight is 233 g/mol. The fourth-order valence-electron chi connectivity index (χ4n) is 0.586. The molecule has 0 bridgehead atoms. The minimum atomic E-state index is -1.82. The maximum absolute atomic E-state index is 10.4. The zero-order chi connectivity index (χ0) is 9.94. The first kappa shape index (κ1) is 12.0. The molecule has 3 nitrogen and oxygen atoms in total. The number of hydrogen-bond acceptors (Lipinski definition) is 2. The van der Waals surface area contributed by atoms with Gasteiger partial charge in [0.25, 0.3) is 0 Å². The van der Waals surface area contributed by atoms with E-state index in [0.717, 1.165) is 0 Å². The molecule has 0 saturated heterocycles. The van der Waals surface area contributed by atoms with Gasteiger partial charge in [-0.15, -0.1) is 0 Å². The Labute approximate surface area is 84.9 Å². The van der Waals surface area contributed by atoms with Crippen molar-refractivity contribution in [3.05, 3.63) is 12.2 Å². The van der Waals surface area contributed by atoms with Crippen molar-refractivity contribution in [3.8, 4) is 0 Å². The van der Waals surface area contributed by atoms with E-state index in [0.29, 0.717) is 0 Å². The summed E-state index contributed by atoms with van der Waals surface area (Å²) >= 11 is 16.3. The van der Waals surface area contributed by atoms with Gasteiger partial charge in [-0.3, -0.25) is 0 Å². The van der Waals surface area contributed by atoms with Crippen molar-refractivity contribution in [3.63, 3.8) is 0 Å². The van der Waals surface area contributed by atoms with Crippen LogP contribution in [-0.4, -0.2) is 28.1 Å². The SMILES string of the molecule is C=C(C(=O)O)C(OC)C(Cl)(Cl)Cl. The van der Waals surface area contributed by atoms with Crippen molar-refractivity contribution in [2.45, 2.75) is 9.90 Å². The molecule has 1 atom stereocenters. The van der Waals surface area contributed by atoms with Crippen molar-refractivity contribution < 1.29 is 14.6 Å². The Bertz CT molecular complexity index is 197. The van der Waals surface area contributed by atoms with Crippen LogP contribution in [0.5, 0.6) is 0 Å². The summed E-state index contributed by atoms with van der Waals surface area (Å²) in [6.45, 7) is 3.21. The van der Waals surface area contributed by atoms with E-state index in [2.05, 4.69) is 11.3 Å². The molecular formula is C6H7Cl3O3. The molecular weight excluding hydrogens is 226 g/mol. The minimum Gasteiger partial charge on any atom is -0.478 e. The van der Waals surface area contributed by atoms with Gasteiger partial charge in [-0.2, -0.15) is 0 Å². The van der Waals surface area contributed by atoms with Crippen molar-refractivity contribution in [2.24, 2.45) is 0 Å². The van der Waals surface area contributed by atoms with Gasteiger partial charge in [0.1, 0.15) is 6.10 Å². The first-order chi connectivity index (χ1) is 5.30. The summed E-state index contributed by atoms with van der Waals surface area (Å²) in [5.74, 6) is -1.26. The molecule has 1 unspecified atom stereocenters. The molecule has 0 saturated carbocycles. The standard InChI is InChI=1S/C6H7Cl3O3/c1-3(5(10)11)4(12-2)6(7,8)9/h4H,1H2,2H3,(H,10,11). The van der Waals surface area contributed by atoms with Gasteiger partial charge < -0.3 is 9.84 Å². The number of aliphatic carboxylic acids is 1. The fourth-order valence-corrected chi connectivity index (χ4v) is 1.25. The molecule has 6 heteroatoms. The van der Waals surface area contributed by atoms with Crippen LogP contribution in [0.25, 0.3) is 0 Å². The monoisotopic (exact) mass is 232 g/mol. The molecule has 0 aliphatic carbocycles. The van der Waals surface area contributed by atoms with E-state index in [1.165, 1.54) is 7.11 Å². The van der Waals surface area contributed by atoms with Gasteiger partial charge in [0.15, 0.2) is 0 Å². The minimum absolute atomic E-state index is 0.294. The Balaban J connectivity index is 4.58. The third-order valence-electron chi connectivity index (χ3n) is 1.12. The van der Waals surface area contributed by atoms with E-state index in [4.69, 9.17) is 39.9 Å². The van der Waals surface area contributed by atoms with Gasteiger partial charge in [-0.05, 0) is 0 Å². The van der Waals surface area contributed by atoms with Gasteiger partial charge in [0.05, 0.1) is 5.57 Å². The van der Waals surface area contributed by atoms with Crippen molar-refractivity contribution in [1.29, 1.82) is 0 Å². The lowest BCUT2D eigenvalue weighted by atomic mass is 10.2. The molecule has 0 aliphatic heterocycles. The van der Waals surface area contributed by atoms with E-state index < -0.39 is 15.9 Å². The molecule has 0 heterocycles. The Kier molecular flexibility index (Phi) is 4.34. The summed E-state index contributed by atoms with van der Waals surface area (Å²) in [5, 5.41) is 8.49. The molecule has 0 aromatic rings. The number of rotatable bonds is 3. The molecule has 1 N–H and O–H groups in total. The van der Waals surface area contributed by atoms with Gasteiger partial charge in [-0.1, -0.05) is 41.4 Å². The number of alkyl halides is 3. The van der Waals surface area contributed by atoms with Crippen molar-refractivity contribution in [2.75, 3.05) is 7.11 Å². The van der Waals surface area contributed by atoms with Crippen LogP contribution in [0, 0.1) is 0 Å². The van der Waals surface area contributed by atoms with Crippen molar-refractivity contribution in [1.82, 2.24) is 0 Å². The van der Waals surface area contributed by atoms with Crippen LogP contribution in [0.4, 0.5) is 0 Å². The summed E-state index contributed by atoms with van der Waals surface area (Å²) < 4.78 is 2.85. The van der Waals surface area contributed by atoms with E-state index in [9.17, 15) is 4.79 Å². The summed E-state index contributed by atoms with van der Waals surface area (Å²) in [4.78, 5) is 10.4. The zero-order valence-electron chi connectivity index (χ0n) is 6.18. The summed E-state index contributed by atoms with van der Waals surface area (Å²) in [7, 11) is 1.24. The van der Waals surface area contributed by atoms with Crippen LogP contribution < -0.4 is 0 Å². The number of hydrogen-bond donors (Lipinski definition) is 1. The third-order valence-corrected chi connectivity index (χ3v) is 1.72. The number of carboxylic acids is 1. The van der Waals surface area contributed by atoms with Crippen LogP contribution in [0.3, 0.4) is 0 Å². The zero-order valence-corrected chi connectivity index (χ0v) is 8.45. The number of halogens is 3. The maximum atomic E-state index is 10.4. The number of carboxylic acid groups (broad SMARTS) is 1. The smallest absolute Gasteiger partial charge is 0.333 e. The molecule has 12 heavy (non-hydrogen) atoms. The highest BCUT2D eigenvalue weighted by Gasteiger charge is 2.37. The van der Waals surface area contributed by atoms with Crippen LogP contribution in [0.15, 0.2) is 12.2 Å². The highest BCUT2D eigenvalue weighted by atomic mass is 35.6. The highest BCUT2D eigenvalue weighted by Crippen LogP contribution is 2.35. The second kappa shape index (κ2) is 4.33. The first-order valence-corrected chi connectivity index (χ1v) is 3.95.